The number of anilines is 1. The lowest BCUT2D eigenvalue weighted by Gasteiger charge is -2.23. The molecule has 0 aromatic heterocycles. The summed E-state index contributed by atoms with van der Waals surface area (Å²) in [6, 6.07) is 16.5. The summed E-state index contributed by atoms with van der Waals surface area (Å²) in [5, 5.41) is 18.8. The Labute approximate surface area is 325 Å². The van der Waals surface area contributed by atoms with Gasteiger partial charge in [0, 0.05) is 49.5 Å². The molecule has 3 rings (SSSR count). The lowest BCUT2D eigenvalue weighted by Crippen LogP contribution is -2.49. The number of carbonyl (C=O) groups excluding carboxylic acids is 2. The standard InChI is InChI=1S/C37H55N9O7.C2H6/c1-3-8-30(11-7-12-33(47)39-18-22-51-26-25-50-21-17-38)42-36-44-35(45-37(46-36)43-31-13-15-32(49-2)16-14-31)41-20-24-53-28-27-52-23-19-40-34(48)29-9-5-4-6-10-29;1-2/h4-11,13-16,35,41H,3,12,17-28,38H2,1-2H3,(H,39,47)(H,40,48)(H3,42,43,44,45,46);1-2H3/b11-7-,30-8+;. The van der Waals surface area contributed by atoms with Crippen LogP contribution in [0.2, 0.25) is 0 Å². The van der Waals surface area contributed by atoms with Crippen LogP contribution in [0.5, 0.6) is 5.75 Å². The van der Waals surface area contributed by atoms with Gasteiger partial charge in [-0.3, -0.25) is 20.2 Å². The van der Waals surface area contributed by atoms with Gasteiger partial charge >= 0.3 is 0 Å². The van der Waals surface area contributed by atoms with Gasteiger partial charge in [0.1, 0.15) is 5.75 Å². The SMILES string of the molecule is CC.CC/C=C(\C=C/CC(=O)NCCOCCOCCN)NC1=NC(NCCOCCOCCNC(=O)c2ccccc2)N=C(Nc2ccc(OC)cc2)N1. The minimum Gasteiger partial charge on any atom is -0.497 e. The summed E-state index contributed by atoms with van der Waals surface area (Å²) in [5.74, 6) is 1.44. The lowest BCUT2D eigenvalue weighted by atomic mass is 10.2. The minimum atomic E-state index is -0.611. The molecule has 0 radical (unpaired) electrons. The molecule has 2 amide bonds. The van der Waals surface area contributed by atoms with E-state index in [1.165, 1.54) is 0 Å². The van der Waals surface area contributed by atoms with Crippen molar-refractivity contribution in [3.05, 3.63) is 84.1 Å². The van der Waals surface area contributed by atoms with E-state index in [1.807, 2.05) is 75.4 Å². The van der Waals surface area contributed by atoms with E-state index in [1.54, 1.807) is 25.3 Å². The fourth-order valence-electron chi connectivity index (χ4n) is 4.54. The van der Waals surface area contributed by atoms with Crippen LogP contribution in [0, 0.1) is 0 Å². The van der Waals surface area contributed by atoms with Crippen molar-refractivity contribution in [2.75, 3.05) is 91.5 Å². The van der Waals surface area contributed by atoms with Crippen molar-refractivity contribution in [1.82, 2.24) is 26.6 Å². The molecule has 0 aliphatic carbocycles. The molecule has 16 nitrogen and oxygen atoms in total. The smallest absolute Gasteiger partial charge is 0.251 e. The zero-order valence-electron chi connectivity index (χ0n) is 32.7. The number of hydrogen-bond acceptors (Lipinski definition) is 14. The van der Waals surface area contributed by atoms with E-state index in [0.717, 1.165) is 23.6 Å². The van der Waals surface area contributed by atoms with E-state index in [4.69, 9.17) is 29.4 Å². The Bertz CT molecular complexity index is 1460. The van der Waals surface area contributed by atoms with Crippen molar-refractivity contribution in [3.8, 4) is 5.75 Å². The number of allylic oxidation sites excluding steroid dienone is 2. The number of nitrogens with two attached hydrogens (primary N) is 1. The number of amides is 2. The Morgan fingerprint density at radius 1 is 0.800 bits per heavy atom. The summed E-state index contributed by atoms with van der Waals surface area (Å²) >= 11 is 0. The van der Waals surface area contributed by atoms with Crippen molar-refractivity contribution in [2.24, 2.45) is 15.7 Å². The molecule has 1 aliphatic heterocycles. The van der Waals surface area contributed by atoms with Crippen LogP contribution in [-0.4, -0.2) is 116 Å². The summed E-state index contributed by atoms with van der Waals surface area (Å²) in [6.07, 6.45) is 5.98. The maximum atomic E-state index is 12.3. The highest BCUT2D eigenvalue weighted by molar-refractivity contribution is 6.06. The zero-order chi connectivity index (χ0) is 39.8. The zero-order valence-corrected chi connectivity index (χ0v) is 32.7. The molecule has 1 unspecified atom stereocenters. The maximum Gasteiger partial charge on any atom is 0.251 e. The van der Waals surface area contributed by atoms with Crippen LogP contribution in [0.1, 0.15) is 44.0 Å². The number of hydrogen-bond donors (Lipinski definition) is 7. The number of nitrogens with one attached hydrogen (secondary N) is 6. The molecule has 1 aliphatic rings. The molecule has 304 valence electrons. The third-order valence-electron chi connectivity index (χ3n) is 7.10. The highest BCUT2D eigenvalue weighted by Crippen LogP contribution is 2.15. The normalized spacial score (nSPS) is 13.8. The molecule has 0 saturated heterocycles. The number of guanidine groups is 2. The topological polar surface area (TPSA) is 203 Å². The molecule has 1 atom stereocenters. The Kier molecular flexibility index (Phi) is 25.7. The lowest BCUT2D eigenvalue weighted by molar-refractivity contribution is -0.120. The van der Waals surface area contributed by atoms with Crippen molar-refractivity contribution in [2.45, 2.75) is 39.9 Å². The molecule has 1 heterocycles. The Morgan fingerprint density at radius 2 is 1.42 bits per heavy atom. The van der Waals surface area contributed by atoms with Gasteiger partial charge in [0.2, 0.25) is 24.1 Å². The Hall–Kier alpha value is -4.84. The third kappa shape index (κ3) is 21.6. The van der Waals surface area contributed by atoms with Gasteiger partial charge < -0.3 is 50.7 Å². The number of ether oxygens (including phenoxy) is 5. The van der Waals surface area contributed by atoms with Crippen LogP contribution in [0.3, 0.4) is 0 Å². The van der Waals surface area contributed by atoms with Crippen LogP contribution in [0.15, 0.2) is 88.5 Å². The molecule has 8 N–H and O–H groups in total. The quantitative estimate of drug-likeness (QED) is 0.0546. The molecule has 55 heavy (non-hydrogen) atoms. The van der Waals surface area contributed by atoms with E-state index in [-0.39, 0.29) is 18.2 Å². The van der Waals surface area contributed by atoms with E-state index in [2.05, 4.69) is 41.9 Å². The molecular formula is C39H61N9O7. The van der Waals surface area contributed by atoms with Gasteiger partial charge in [0.15, 0.2) is 0 Å². The molecule has 0 spiro atoms. The third-order valence-corrected chi connectivity index (χ3v) is 7.10. The number of benzene rings is 2. The van der Waals surface area contributed by atoms with Crippen molar-refractivity contribution >= 4 is 29.4 Å². The fraction of sp³-hybridized carbons (Fsp3) is 0.487. The average molecular weight is 768 g/mol. The van der Waals surface area contributed by atoms with E-state index in [0.29, 0.717) is 96.5 Å². The molecule has 2 aromatic rings. The van der Waals surface area contributed by atoms with Crippen LogP contribution in [0.25, 0.3) is 0 Å². The minimum absolute atomic E-state index is 0.114. The molecule has 0 bridgehead atoms. The number of rotatable bonds is 26. The first-order valence-electron chi connectivity index (χ1n) is 18.8. The van der Waals surface area contributed by atoms with E-state index < -0.39 is 6.29 Å². The van der Waals surface area contributed by atoms with Gasteiger partial charge in [-0.1, -0.05) is 51.1 Å². The first-order valence-corrected chi connectivity index (χ1v) is 18.8. The largest absolute Gasteiger partial charge is 0.497 e. The van der Waals surface area contributed by atoms with Crippen LogP contribution in [-0.2, 0) is 23.7 Å². The summed E-state index contributed by atoms with van der Waals surface area (Å²) in [5.41, 5.74) is 7.57. The molecule has 0 saturated carbocycles. The van der Waals surface area contributed by atoms with Gasteiger partial charge in [0.05, 0.1) is 60.0 Å². The fourth-order valence-corrected chi connectivity index (χ4v) is 4.54. The van der Waals surface area contributed by atoms with E-state index in [9.17, 15) is 9.59 Å². The van der Waals surface area contributed by atoms with Gasteiger partial charge in [0.25, 0.3) is 5.91 Å². The monoisotopic (exact) mass is 767 g/mol. The summed E-state index contributed by atoms with van der Waals surface area (Å²) < 4.78 is 27.3. The highest BCUT2D eigenvalue weighted by atomic mass is 16.5. The maximum absolute atomic E-state index is 12.3. The summed E-state index contributed by atoms with van der Waals surface area (Å²) in [7, 11) is 1.62. The Balaban J connectivity index is 0.00000514. The number of methoxy groups -OCH3 is 1. The first kappa shape index (κ1) is 46.3. The van der Waals surface area contributed by atoms with E-state index >= 15 is 0 Å². The molecule has 0 fully saturated rings. The first-order chi connectivity index (χ1) is 27.0. The van der Waals surface area contributed by atoms with Crippen molar-refractivity contribution < 1.29 is 33.3 Å². The molecule has 16 heteroatoms. The van der Waals surface area contributed by atoms with Crippen molar-refractivity contribution in [3.63, 3.8) is 0 Å². The van der Waals surface area contributed by atoms with Crippen molar-refractivity contribution in [1.29, 1.82) is 0 Å². The van der Waals surface area contributed by atoms with Crippen LogP contribution >= 0.6 is 0 Å². The second-order valence-corrected chi connectivity index (χ2v) is 11.3. The van der Waals surface area contributed by atoms with Crippen LogP contribution < -0.4 is 42.4 Å². The second-order valence-electron chi connectivity index (χ2n) is 11.3. The Morgan fingerprint density at radius 3 is 2.05 bits per heavy atom. The summed E-state index contributed by atoms with van der Waals surface area (Å²) in [6.45, 7) is 11.2. The number of aliphatic imine (C=N–C) groups is 2. The number of nitrogens with zero attached hydrogens (tertiary/aromatic N) is 2. The van der Waals surface area contributed by atoms with Gasteiger partial charge in [-0.25, -0.2) is 9.98 Å². The van der Waals surface area contributed by atoms with Gasteiger partial charge in [-0.05, 0) is 48.9 Å². The predicted octanol–water partition coefficient (Wildman–Crippen LogP) is 2.72. The average Bonchev–Trinajstić information content (AvgIpc) is 3.21. The number of carbonyl (C=O) groups is 2. The summed E-state index contributed by atoms with van der Waals surface area (Å²) in [4.78, 5) is 33.8. The second kappa shape index (κ2) is 30.5. The molecule has 2 aromatic carbocycles. The van der Waals surface area contributed by atoms with Crippen LogP contribution in [0.4, 0.5) is 5.69 Å². The van der Waals surface area contributed by atoms with Gasteiger partial charge in [-0.15, -0.1) is 0 Å². The highest BCUT2D eigenvalue weighted by Gasteiger charge is 2.17. The van der Waals surface area contributed by atoms with Gasteiger partial charge in [-0.2, -0.15) is 0 Å². The predicted molar refractivity (Wildman–Crippen MR) is 217 cm³/mol. The molecular weight excluding hydrogens is 706 g/mol.